The molecule has 1 N–H and O–H groups in total. The molecule has 2 aromatic carbocycles. The number of carbonyl (C=O) groups is 1. The third-order valence-corrected chi connectivity index (χ3v) is 8.71. The smallest absolute Gasteiger partial charge is 0.283 e. The maximum Gasteiger partial charge on any atom is 0.283 e. The summed E-state index contributed by atoms with van der Waals surface area (Å²) in [4.78, 5) is 23.9. The highest BCUT2D eigenvalue weighted by molar-refractivity contribution is 7.89. The lowest BCUT2D eigenvalue weighted by molar-refractivity contribution is 0.0977. The summed E-state index contributed by atoms with van der Waals surface area (Å²) in [7, 11) is 0.250. The van der Waals surface area contributed by atoms with E-state index in [4.69, 9.17) is 0 Å². The van der Waals surface area contributed by atoms with E-state index in [0.717, 1.165) is 71.6 Å². The Morgan fingerprint density at radius 2 is 1.77 bits per heavy atom. The van der Waals surface area contributed by atoms with Gasteiger partial charge in [-0.05, 0) is 71.9 Å². The van der Waals surface area contributed by atoms with Gasteiger partial charge in [0, 0.05) is 62.3 Å². The van der Waals surface area contributed by atoms with Crippen molar-refractivity contribution in [1.29, 1.82) is 5.26 Å². The Morgan fingerprint density at radius 1 is 1.07 bits per heavy atom. The van der Waals surface area contributed by atoms with Crippen molar-refractivity contribution < 1.29 is 13.2 Å². The van der Waals surface area contributed by atoms with Crippen LogP contribution in [0.1, 0.15) is 48.3 Å². The molecule has 43 heavy (non-hydrogen) atoms. The second kappa shape index (κ2) is 12.1. The molecule has 0 aliphatic carbocycles. The zero-order valence-electron chi connectivity index (χ0n) is 25.3. The van der Waals surface area contributed by atoms with Crippen molar-refractivity contribution in [2.75, 3.05) is 54.7 Å². The van der Waals surface area contributed by atoms with Crippen LogP contribution in [0.3, 0.4) is 0 Å². The van der Waals surface area contributed by atoms with Crippen molar-refractivity contribution in [3.63, 3.8) is 0 Å². The highest BCUT2D eigenvalue weighted by Crippen LogP contribution is 2.44. The summed E-state index contributed by atoms with van der Waals surface area (Å²) in [5, 5.41) is 9.28. The van der Waals surface area contributed by atoms with Crippen molar-refractivity contribution in [1.82, 2.24) is 9.71 Å². The van der Waals surface area contributed by atoms with Gasteiger partial charge in [-0.25, -0.2) is 18.1 Å². The zero-order valence-corrected chi connectivity index (χ0v) is 26.1. The number of piperidine rings is 1. The molecule has 0 saturated carbocycles. The van der Waals surface area contributed by atoms with Crippen LogP contribution in [-0.4, -0.2) is 59.3 Å². The molecular weight excluding hydrogens is 560 g/mol. The second-order valence-corrected chi connectivity index (χ2v) is 13.5. The fraction of sp³-hybridized carbons (Fsp3) is 0.364. The maximum absolute atomic E-state index is 12.9. The van der Waals surface area contributed by atoms with Crippen LogP contribution >= 0.6 is 0 Å². The number of amides is 1. The van der Waals surface area contributed by atoms with Gasteiger partial charge >= 0.3 is 0 Å². The Bertz CT molecular complexity index is 1700. The summed E-state index contributed by atoms with van der Waals surface area (Å²) in [5.74, 6) is -0.454. The van der Waals surface area contributed by atoms with E-state index in [2.05, 4.69) is 86.8 Å². The van der Waals surface area contributed by atoms with E-state index in [1.807, 2.05) is 20.2 Å². The topological polar surface area (TPSA) is 110 Å². The minimum absolute atomic E-state index is 0.0330. The van der Waals surface area contributed by atoms with Gasteiger partial charge in [-0.2, -0.15) is 5.26 Å². The molecular formula is C33H38N6O3S. The summed E-state index contributed by atoms with van der Waals surface area (Å²) in [6, 6.07) is 20.9. The van der Waals surface area contributed by atoms with E-state index >= 15 is 0 Å². The lowest BCUT2D eigenvalue weighted by atomic mass is 9.83. The molecule has 3 aromatic rings. The second-order valence-electron chi connectivity index (χ2n) is 11.8. The standard InChI is InChI=1S/C33H38N6O3S/c1-22(2)29-21-39(27-8-6-7-26(17-27)37(3)4)31-20-35-30(33(40)36-43(5,41)42)18-28(31)32(29)24-9-11-25(12-10-24)38-15-13-23(19-34)14-16-38/h6-12,17-18,20,22-23H,13-16,21H2,1-5H3,(H,36,40). The summed E-state index contributed by atoms with van der Waals surface area (Å²) in [6.07, 6.45) is 4.35. The third-order valence-electron chi connectivity index (χ3n) is 8.16. The number of rotatable bonds is 7. The monoisotopic (exact) mass is 598 g/mol. The molecule has 0 atom stereocenters. The van der Waals surface area contributed by atoms with Gasteiger partial charge in [0.1, 0.15) is 5.69 Å². The molecule has 2 aliphatic heterocycles. The number of hydrogen-bond donors (Lipinski definition) is 1. The number of fused-ring (bicyclic) bond motifs is 1. The largest absolute Gasteiger partial charge is 0.378 e. The van der Waals surface area contributed by atoms with Crippen molar-refractivity contribution >= 4 is 44.3 Å². The molecule has 0 radical (unpaired) electrons. The first kappa shape index (κ1) is 30.1. The van der Waals surface area contributed by atoms with Crippen LogP contribution in [0.2, 0.25) is 0 Å². The molecule has 5 rings (SSSR count). The molecule has 0 spiro atoms. The number of nitriles is 1. The van der Waals surface area contributed by atoms with Crippen LogP contribution in [0.4, 0.5) is 22.7 Å². The Labute approximate surface area is 254 Å². The highest BCUT2D eigenvalue weighted by Gasteiger charge is 2.30. The minimum Gasteiger partial charge on any atom is -0.378 e. The Hall–Kier alpha value is -4.36. The summed E-state index contributed by atoms with van der Waals surface area (Å²) >= 11 is 0. The summed E-state index contributed by atoms with van der Waals surface area (Å²) < 4.78 is 25.8. The maximum atomic E-state index is 12.9. The number of carbonyl (C=O) groups excluding carboxylic acids is 1. The van der Waals surface area contributed by atoms with Crippen molar-refractivity contribution in [2.24, 2.45) is 11.8 Å². The number of sulfonamides is 1. The molecule has 9 nitrogen and oxygen atoms in total. The van der Waals surface area contributed by atoms with Crippen LogP contribution in [0, 0.1) is 23.2 Å². The molecule has 10 heteroatoms. The quantitative estimate of drug-likeness (QED) is 0.396. The number of nitrogens with one attached hydrogen (secondary N) is 1. The van der Waals surface area contributed by atoms with Gasteiger partial charge in [-0.3, -0.25) is 4.79 Å². The predicted octanol–water partition coefficient (Wildman–Crippen LogP) is 5.19. The summed E-state index contributed by atoms with van der Waals surface area (Å²) in [5.41, 5.74) is 8.11. The Balaban J connectivity index is 1.62. The normalized spacial score (nSPS) is 15.7. The minimum atomic E-state index is -3.76. The average molecular weight is 599 g/mol. The fourth-order valence-electron chi connectivity index (χ4n) is 5.80. The number of benzene rings is 2. The summed E-state index contributed by atoms with van der Waals surface area (Å²) in [6.45, 7) is 6.68. The first-order chi connectivity index (χ1) is 20.4. The third kappa shape index (κ3) is 6.52. The molecule has 0 bridgehead atoms. The van der Waals surface area contributed by atoms with Crippen molar-refractivity contribution in [3.05, 3.63) is 83.2 Å². The number of nitrogens with zero attached hydrogens (tertiary/aromatic N) is 5. The van der Waals surface area contributed by atoms with E-state index in [1.165, 1.54) is 5.57 Å². The Morgan fingerprint density at radius 3 is 2.37 bits per heavy atom. The van der Waals surface area contributed by atoms with Crippen LogP contribution < -0.4 is 19.4 Å². The molecule has 1 aromatic heterocycles. The van der Waals surface area contributed by atoms with Crippen LogP contribution in [0.15, 0.2) is 66.4 Å². The number of hydrogen-bond acceptors (Lipinski definition) is 8. The number of aromatic nitrogens is 1. The lowest BCUT2D eigenvalue weighted by Crippen LogP contribution is -2.33. The first-order valence-corrected chi connectivity index (χ1v) is 16.4. The van der Waals surface area contributed by atoms with E-state index in [0.29, 0.717) is 6.54 Å². The highest BCUT2D eigenvalue weighted by atomic mass is 32.2. The number of anilines is 4. The van der Waals surface area contributed by atoms with E-state index in [9.17, 15) is 18.5 Å². The predicted molar refractivity (Wildman–Crippen MR) is 172 cm³/mol. The van der Waals surface area contributed by atoms with E-state index in [1.54, 1.807) is 12.3 Å². The molecule has 1 fully saturated rings. The molecule has 1 saturated heterocycles. The molecule has 1 amide bonds. The molecule has 2 aliphatic rings. The number of pyridine rings is 1. The zero-order chi connectivity index (χ0) is 30.9. The van der Waals surface area contributed by atoms with Crippen LogP contribution in [0.25, 0.3) is 5.57 Å². The average Bonchev–Trinajstić information content (AvgIpc) is 2.99. The van der Waals surface area contributed by atoms with Gasteiger partial charge in [0.05, 0.1) is 24.2 Å². The van der Waals surface area contributed by atoms with Crippen LogP contribution in [0.5, 0.6) is 0 Å². The van der Waals surface area contributed by atoms with Gasteiger partial charge in [-0.1, -0.05) is 32.0 Å². The lowest BCUT2D eigenvalue weighted by Gasteiger charge is -2.36. The molecule has 0 unspecified atom stereocenters. The van der Waals surface area contributed by atoms with Gasteiger partial charge < -0.3 is 14.7 Å². The first-order valence-electron chi connectivity index (χ1n) is 14.5. The van der Waals surface area contributed by atoms with Gasteiger partial charge in [-0.15, -0.1) is 0 Å². The van der Waals surface area contributed by atoms with Gasteiger partial charge in [0.25, 0.3) is 5.91 Å². The molecule has 3 heterocycles. The Kier molecular flexibility index (Phi) is 8.47. The SMILES string of the molecule is CC(C)C1=C(c2ccc(N3CCC(C#N)CC3)cc2)c2cc(C(=O)NS(C)(=O)=O)ncc2N(c2cccc(N(C)C)c2)C1. The van der Waals surface area contributed by atoms with Gasteiger partial charge in [0.15, 0.2) is 0 Å². The van der Waals surface area contributed by atoms with Gasteiger partial charge in [0.2, 0.25) is 10.0 Å². The van der Waals surface area contributed by atoms with E-state index < -0.39 is 15.9 Å². The van der Waals surface area contributed by atoms with Crippen LogP contribution in [-0.2, 0) is 10.0 Å². The fourth-order valence-corrected chi connectivity index (χ4v) is 6.24. The molecule has 224 valence electrons. The van der Waals surface area contributed by atoms with Crippen molar-refractivity contribution in [2.45, 2.75) is 26.7 Å². The van der Waals surface area contributed by atoms with E-state index in [-0.39, 0.29) is 17.5 Å². The van der Waals surface area contributed by atoms with Crippen molar-refractivity contribution in [3.8, 4) is 6.07 Å².